The van der Waals surface area contributed by atoms with E-state index >= 15 is 0 Å². The highest BCUT2D eigenvalue weighted by Gasteiger charge is 2.07. The fourth-order valence-electron chi connectivity index (χ4n) is 1.62. The third kappa shape index (κ3) is 4.38. The first-order valence-corrected chi connectivity index (χ1v) is 7.47. The first-order valence-electron chi connectivity index (χ1n) is 6.49. The molecule has 0 aliphatic carbocycles. The molecule has 0 spiro atoms. The molecule has 1 aromatic carbocycles. The minimum Gasteiger partial charge on any atom is -0.416 e. The quantitative estimate of drug-likeness (QED) is 0.828. The number of aryl methyl sites for hydroxylation is 2. The Kier molecular flexibility index (Phi) is 5.17. The van der Waals surface area contributed by atoms with E-state index in [0.29, 0.717) is 23.3 Å². The van der Waals surface area contributed by atoms with Crippen LogP contribution in [-0.2, 0) is 11.2 Å². The minimum atomic E-state index is -0.0154. The van der Waals surface area contributed by atoms with Crippen molar-refractivity contribution < 1.29 is 9.21 Å². The summed E-state index contributed by atoms with van der Waals surface area (Å²) in [6.07, 6.45) is 1.13. The van der Waals surface area contributed by atoms with Gasteiger partial charge in [-0.15, -0.1) is 10.2 Å². The maximum Gasteiger partial charge on any atom is 0.276 e. The van der Waals surface area contributed by atoms with Gasteiger partial charge in [-0.25, -0.2) is 0 Å². The Morgan fingerprint density at radius 3 is 2.95 bits per heavy atom. The lowest BCUT2D eigenvalue weighted by atomic mass is 10.2. The first kappa shape index (κ1) is 14.6. The van der Waals surface area contributed by atoms with Crippen LogP contribution in [0.4, 0.5) is 5.69 Å². The normalized spacial score (nSPS) is 10.5. The van der Waals surface area contributed by atoms with E-state index in [1.54, 1.807) is 0 Å². The van der Waals surface area contributed by atoms with E-state index in [4.69, 9.17) is 4.42 Å². The molecule has 106 valence electrons. The molecule has 0 bridgehead atoms. The highest BCUT2D eigenvalue weighted by atomic mass is 32.2. The molecule has 0 saturated carbocycles. The van der Waals surface area contributed by atoms with Crippen molar-refractivity contribution >= 4 is 23.4 Å². The minimum absolute atomic E-state index is 0.0154. The number of anilines is 1. The Morgan fingerprint density at radius 1 is 1.40 bits per heavy atom. The second-order valence-electron chi connectivity index (χ2n) is 4.33. The number of amides is 1. The fourth-order valence-corrected chi connectivity index (χ4v) is 2.33. The van der Waals surface area contributed by atoms with E-state index in [9.17, 15) is 4.79 Å². The zero-order valence-electron chi connectivity index (χ0n) is 11.5. The second-order valence-corrected chi connectivity index (χ2v) is 5.38. The number of nitrogens with zero attached hydrogens (tertiary/aromatic N) is 2. The standard InChI is InChI=1S/C14H17N3O2S/c1-3-13-16-17-14(19-13)20-8-7-12(18)15-11-6-4-5-10(2)9-11/h4-6,9H,3,7-8H2,1-2H3,(H,15,18). The Morgan fingerprint density at radius 2 is 2.25 bits per heavy atom. The van der Waals surface area contributed by atoms with Crippen LogP contribution in [0.5, 0.6) is 0 Å². The number of aromatic nitrogens is 2. The SMILES string of the molecule is CCc1nnc(SCCC(=O)Nc2cccc(C)c2)o1. The van der Waals surface area contributed by atoms with E-state index in [2.05, 4.69) is 15.5 Å². The summed E-state index contributed by atoms with van der Waals surface area (Å²) in [5.74, 6) is 1.22. The van der Waals surface area contributed by atoms with Gasteiger partial charge in [-0.1, -0.05) is 30.8 Å². The number of benzene rings is 1. The molecule has 2 aromatic rings. The number of carbonyl (C=O) groups excluding carboxylic acids is 1. The number of hydrogen-bond acceptors (Lipinski definition) is 5. The van der Waals surface area contributed by atoms with E-state index in [1.807, 2.05) is 38.1 Å². The monoisotopic (exact) mass is 291 g/mol. The lowest BCUT2D eigenvalue weighted by Crippen LogP contribution is -2.12. The van der Waals surface area contributed by atoms with Crippen molar-refractivity contribution in [3.8, 4) is 0 Å². The molecule has 1 aromatic heterocycles. The Labute approximate surface area is 122 Å². The van der Waals surface area contributed by atoms with Gasteiger partial charge in [-0.05, 0) is 24.6 Å². The smallest absolute Gasteiger partial charge is 0.276 e. The van der Waals surface area contributed by atoms with Gasteiger partial charge in [0.05, 0.1) is 0 Å². The van der Waals surface area contributed by atoms with Crippen molar-refractivity contribution in [2.75, 3.05) is 11.1 Å². The van der Waals surface area contributed by atoms with Gasteiger partial charge in [0, 0.05) is 24.3 Å². The highest BCUT2D eigenvalue weighted by Crippen LogP contribution is 2.17. The summed E-state index contributed by atoms with van der Waals surface area (Å²) < 4.78 is 5.36. The van der Waals surface area contributed by atoms with Crippen molar-refractivity contribution in [1.82, 2.24) is 10.2 Å². The third-order valence-electron chi connectivity index (χ3n) is 2.61. The average Bonchev–Trinajstić information content (AvgIpc) is 2.86. The molecule has 0 saturated heterocycles. The molecule has 6 heteroatoms. The highest BCUT2D eigenvalue weighted by molar-refractivity contribution is 7.99. The largest absolute Gasteiger partial charge is 0.416 e. The third-order valence-corrected chi connectivity index (χ3v) is 3.43. The molecule has 0 aliphatic rings. The molecule has 0 aliphatic heterocycles. The van der Waals surface area contributed by atoms with Crippen molar-refractivity contribution in [3.05, 3.63) is 35.7 Å². The average molecular weight is 291 g/mol. The topological polar surface area (TPSA) is 68.0 Å². The molecule has 5 nitrogen and oxygen atoms in total. The molecule has 2 rings (SSSR count). The molecule has 0 radical (unpaired) electrons. The van der Waals surface area contributed by atoms with E-state index in [-0.39, 0.29) is 5.91 Å². The molecule has 0 unspecified atom stereocenters. The molecule has 20 heavy (non-hydrogen) atoms. The Bertz CT molecular complexity index is 583. The maximum absolute atomic E-state index is 11.8. The first-order chi connectivity index (χ1) is 9.67. The van der Waals surface area contributed by atoms with Crippen LogP contribution in [0.2, 0.25) is 0 Å². The number of nitrogens with one attached hydrogen (secondary N) is 1. The summed E-state index contributed by atoms with van der Waals surface area (Å²) in [6, 6.07) is 7.73. The fraction of sp³-hybridized carbons (Fsp3) is 0.357. The molecule has 0 atom stereocenters. The molecule has 1 heterocycles. The van der Waals surface area contributed by atoms with Gasteiger partial charge >= 0.3 is 0 Å². The molecular formula is C14H17N3O2S. The van der Waals surface area contributed by atoms with Gasteiger partial charge < -0.3 is 9.73 Å². The number of rotatable bonds is 6. The number of hydrogen-bond donors (Lipinski definition) is 1. The van der Waals surface area contributed by atoms with Gasteiger partial charge in [-0.2, -0.15) is 0 Å². The zero-order valence-corrected chi connectivity index (χ0v) is 12.4. The predicted molar refractivity (Wildman–Crippen MR) is 78.8 cm³/mol. The second kappa shape index (κ2) is 7.09. The van der Waals surface area contributed by atoms with Crippen LogP contribution >= 0.6 is 11.8 Å². The summed E-state index contributed by atoms with van der Waals surface area (Å²) in [7, 11) is 0. The van der Waals surface area contributed by atoms with Crippen LogP contribution < -0.4 is 5.32 Å². The molecule has 0 fully saturated rings. The summed E-state index contributed by atoms with van der Waals surface area (Å²) in [6.45, 7) is 3.95. The van der Waals surface area contributed by atoms with E-state index in [0.717, 1.165) is 17.7 Å². The predicted octanol–water partition coefficient (Wildman–Crippen LogP) is 3.06. The van der Waals surface area contributed by atoms with Crippen molar-refractivity contribution in [1.29, 1.82) is 0 Å². The van der Waals surface area contributed by atoms with Crippen LogP contribution in [0.25, 0.3) is 0 Å². The summed E-state index contributed by atoms with van der Waals surface area (Å²) in [5.41, 5.74) is 1.95. The van der Waals surface area contributed by atoms with Crippen LogP contribution in [0.3, 0.4) is 0 Å². The van der Waals surface area contributed by atoms with Gasteiger partial charge in [0.25, 0.3) is 5.22 Å². The number of carbonyl (C=O) groups is 1. The molecular weight excluding hydrogens is 274 g/mol. The van der Waals surface area contributed by atoms with Crippen LogP contribution in [0, 0.1) is 6.92 Å². The van der Waals surface area contributed by atoms with Crippen molar-refractivity contribution in [2.24, 2.45) is 0 Å². The summed E-state index contributed by atoms with van der Waals surface area (Å²) in [4.78, 5) is 11.8. The lowest BCUT2D eigenvalue weighted by molar-refractivity contribution is -0.115. The van der Waals surface area contributed by atoms with Crippen molar-refractivity contribution in [2.45, 2.75) is 31.9 Å². The number of thioether (sulfide) groups is 1. The van der Waals surface area contributed by atoms with E-state index < -0.39 is 0 Å². The lowest BCUT2D eigenvalue weighted by Gasteiger charge is -2.05. The van der Waals surface area contributed by atoms with Gasteiger partial charge in [0.1, 0.15) is 0 Å². The maximum atomic E-state index is 11.8. The van der Waals surface area contributed by atoms with E-state index in [1.165, 1.54) is 11.8 Å². The van der Waals surface area contributed by atoms with Crippen molar-refractivity contribution in [3.63, 3.8) is 0 Å². The molecule has 1 N–H and O–H groups in total. The van der Waals surface area contributed by atoms with Crippen LogP contribution in [0.15, 0.2) is 33.9 Å². The van der Waals surface area contributed by atoms with Gasteiger partial charge in [0.15, 0.2) is 0 Å². The molecule has 1 amide bonds. The summed E-state index contributed by atoms with van der Waals surface area (Å²) >= 11 is 1.40. The van der Waals surface area contributed by atoms with Gasteiger partial charge in [0.2, 0.25) is 11.8 Å². The zero-order chi connectivity index (χ0) is 14.4. The van der Waals surface area contributed by atoms with Gasteiger partial charge in [-0.3, -0.25) is 4.79 Å². The Hall–Kier alpha value is -1.82. The van der Waals surface area contributed by atoms with Crippen LogP contribution in [0.1, 0.15) is 24.8 Å². The van der Waals surface area contributed by atoms with Crippen LogP contribution in [-0.4, -0.2) is 21.9 Å². The Balaban J connectivity index is 1.75. The summed E-state index contributed by atoms with van der Waals surface area (Å²) in [5, 5.41) is 11.2.